The lowest BCUT2D eigenvalue weighted by Gasteiger charge is -2.36. The Bertz CT molecular complexity index is 1310. The maximum Gasteiger partial charge on any atom is 0.408 e. The zero-order valence-corrected chi connectivity index (χ0v) is 22.4. The second-order valence-corrected chi connectivity index (χ2v) is 10.4. The second-order valence-electron chi connectivity index (χ2n) is 10.4. The molecule has 5 rings (SSSR count). The van der Waals surface area contributed by atoms with Gasteiger partial charge in [0.05, 0.1) is 18.3 Å². The van der Waals surface area contributed by atoms with E-state index in [1.807, 2.05) is 24.1 Å². The quantitative estimate of drug-likeness (QED) is 0.543. The molecule has 1 unspecified atom stereocenters. The molecule has 40 heavy (non-hydrogen) atoms. The summed E-state index contributed by atoms with van der Waals surface area (Å²) in [6.45, 7) is 7.89. The molecule has 0 radical (unpaired) electrons. The van der Waals surface area contributed by atoms with E-state index >= 15 is 0 Å². The lowest BCUT2D eigenvalue weighted by atomic mass is 10.1. The number of anilines is 3. The molecule has 2 aromatic rings. The van der Waals surface area contributed by atoms with Crippen LogP contribution in [-0.4, -0.2) is 83.3 Å². The third-order valence-corrected chi connectivity index (χ3v) is 6.84. The molecule has 15 heteroatoms. The lowest BCUT2D eigenvalue weighted by molar-refractivity contribution is -0.149. The minimum absolute atomic E-state index is 0.150. The monoisotopic (exact) mass is 565 g/mol. The third kappa shape index (κ3) is 5.75. The number of carbonyl (C=O) groups excluding carboxylic acids is 2. The number of amides is 3. The van der Waals surface area contributed by atoms with Gasteiger partial charge in [-0.25, -0.2) is 19.7 Å². The standard InChI is InChI=1S/C25H30F3N7O5/c1-13-19-21(33-20(30-13)22(36)31-14(2)25(26,27)28)35(15-6-8-34(19)10-15)23(37)32-18-9-16(5-7-29-18)38-11-17-12-39-24(3,4)40-17/h5,7,9,14-15,17H,6,8,10-12H2,1-4H3,(H,31,36)(H,29,32,37)/t14?,15-,17-/m0/s1. The molecule has 2 N–H and O–H groups in total. The number of halogens is 3. The number of pyridine rings is 1. The highest BCUT2D eigenvalue weighted by Gasteiger charge is 2.43. The largest absolute Gasteiger partial charge is 0.491 e. The fraction of sp³-hybridized carbons (Fsp3) is 0.560. The van der Waals surface area contributed by atoms with Gasteiger partial charge in [-0.1, -0.05) is 0 Å². The number of alkyl halides is 3. The highest BCUT2D eigenvalue weighted by molar-refractivity contribution is 6.05. The van der Waals surface area contributed by atoms with Crippen molar-refractivity contribution in [2.24, 2.45) is 0 Å². The molecule has 12 nitrogen and oxygen atoms in total. The van der Waals surface area contributed by atoms with Gasteiger partial charge in [-0.3, -0.25) is 15.0 Å². The first kappa shape index (κ1) is 27.8. The Balaban J connectivity index is 1.34. The van der Waals surface area contributed by atoms with Crippen LogP contribution in [0.1, 0.15) is 43.5 Å². The maximum atomic E-state index is 13.5. The van der Waals surface area contributed by atoms with Gasteiger partial charge in [0.2, 0.25) is 5.82 Å². The van der Waals surface area contributed by atoms with Gasteiger partial charge in [0.15, 0.2) is 11.6 Å². The summed E-state index contributed by atoms with van der Waals surface area (Å²) in [4.78, 5) is 42.2. The summed E-state index contributed by atoms with van der Waals surface area (Å²) in [5, 5.41) is 4.62. The molecule has 3 amide bonds. The molecule has 2 saturated heterocycles. The first-order chi connectivity index (χ1) is 18.8. The Morgan fingerprint density at radius 2 is 2.08 bits per heavy atom. The normalized spacial score (nSPS) is 22.1. The Morgan fingerprint density at radius 1 is 1.30 bits per heavy atom. The van der Waals surface area contributed by atoms with Crippen LogP contribution >= 0.6 is 0 Å². The highest BCUT2D eigenvalue weighted by Crippen LogP contribution is 2.40. The average Bonchev–Trinajstić information content (AvgIpc) is 3.44. The second kappa shape index (κ2) is 10.4. The van der Waals surface area contributed by atoms with Crippen molar-refractivity contribution in [1.29, 1.82) is 0 Å². The van der Waals surface area contributed by atoms with E-state index in [9.17, 15) is 22.8 Å². The molecular weight excluding hydrogens is 535 g/mol. The van der Waals surface area contributed by atoms with E-state index in [4.69, 9.17) is 14.2 Å². The molecule has 0 saturated carbocycles. The van der Waals surface area contributed by atoms with E-state index in [1.54, 1.807) is 19.1 Å². The molecule has 2 fully saturated rings. The Kier molecular flexibility index (Phi) is 7.20. The van der Waals surface area contributed by atoms with E-state index < -0.39 is 35.8 Å². The van der Waals surface area contributed by atoms with E-state index in [0.29, 0.717) is 43.2 Å². The van der Waals surface area contributed by atoms with Crippen molar-refractivity contribution in [2.45, 2.75) is 64.3 Å². The number of aromatic nitrogens is 3. The molecule has 2 aromatic heterocycles. The van der Waals surface area contributed by atoms with Gasteiger partial charge >= 0.3 is 12.2 Å². The first-order valence-corrected chi connectivity index (χ1v) is 12.8. The molecule has 216 valence electrons. The van der Waals surface area contributed by atoms with Crippen molar-refractivity contribution >= 4 is 29.3 Å². The fourth-order valence-electron chi connectivity index (χ4n) is 4.90. The van der Waals surface area contributed by atoms with Crippen LogP contribution in [0.3, 0.4) is 0 Å². The first-order valence-electron chi connectivity index (χ1n) is 12.8. The van der Waals surface area contributed by atoms with Crippen molar-refractivity contribution in [2.75, 3.05) is 41.4 Å². The summed E-state index contributed by atoms with van der Waals surface area (Å²) in [7, 11) is 0. The molecule has 3 aliphatic rings. The topological polar surface area (TPSA) is 131 Å². The van der Waals surface area contributed by atoms with Crippen LogP contribution < -0.4 is 25.2 Å². The van der Waals surface area contributed by atoms with Crippen LogP contribution in [-0.2, 0) is 9.47 Å². The minimum Gasteiger partial charge on any atom is -0.491 e. The fourth-order valence-corrected chi connectivity index (χ4v) is 4.90. The van der Waals surface area contributed by atoms with Gasteiger partial charge in [0.1, 0.15) is 36.0 Å². The lowest BCUT2D eigenvalue weighted by Crippen LogP contribution is -2.49. The number of ether oxygens (including phenoxy) is 3. The number of urea groups is 1. The van der Waals surface area contributed by atoms with Gasteiger partial charge < -0.3 is 24.4 Å². The van der Waals surface area contributed by atoms with Gasteiger partial charge in [-0.2, -0.15) is 13.2 Å². The summed E-state index contributed by atoms with van der Waals surface area (Å²) in [6, 6.07) is 0.284. The van der Waals surface area contributed by atoms with Gasteiger partial charge in [0, 0.05) is 25.4 Å². The minimum atomic E-state index is -4.63. The van der Waals surface area contributed by atoms with Crippen LogP contribution in [0.4, 0.5) is 35.3 Å². The summed E-state index contributed by atoms with van der Waals surface area (Å²) >= 11 is 0. The molecule has 0 aromatic carbocycles. The number of nitrogens with zero attached hydrogens (tertiary/aromatic N) is 5. The summed E-state index contributed by atoms with van der Waals surface area (Å²) in [5.74, 6) is -1.39. The Labute approximate surface area is 228 Å². The van der Waals surface area contributed by atoms with E-state index in [-0.39, 0.29) is 30.4 Å². The zero-order chi connectivity index (χ0) is 28.8. The van der Waals surface area contributed by atoms with E-state index in [2.05, 4.69) is 20.3 Å². The zero-order valence-electron chi connectivity index (χ0n) is 22.4. The predicted molar refractivity (Wildman–Crippen MR) is 137 cm³/mol. The van der Waals surface area contributed by atoms with Crippen molar-refractivity contribution in [3.8, 4) is 5.75 Å². The maximum absolute atomic E-state index is 13.5. The third-order valence-electron chi connectivity index (χ3n) is 6.84. The van der Waals surface area contributed by atoms with Crippen molar-refractivity contribution in [3.63, 3.8) is 0 Å². The summed E-state index contributed by atoms with van der Waals surface area (Å²) in [5.41, 5.74) is 0.929. The Morgan fingerprint density at radius 3 is 2.77 bits per heavy atom. The van der Waals surface area contributed by atoms with Crippen molar-refractivity contribution in [1.82, 2.24) is 20.3 Å². The molecule has 0 spiro atoms. The van der Waals surface area contributed by atoms with E-state index in [0.717, 1.165) is 6.92 Å². The predicted octanol–water partition coefficient (Wildman–Crippen LogP) is 3.02. The number of nitrogens with one attached hydrogen (secondary N) is 2. The number of hydrogen-bond acceptors (Lipinski definition) is 9. The van der Waals surface area contributed by atoms with Gasteiger partial charge in [-0.05, 0) is 40.2 Å². The SMILES string of the molecule is Cc1nc(C(=O)NC(C)C(F)(F)F)nc2c1N1CC[C@@H](C1)N2C(=O)Nc1cc(OC[C@H]2COC(C)(C)O2)ccn1. The molecular formula is C25H30F3N7O5. The number of aryl methyl sites for hydroxylation is 1. The smallest absolute Gasteiger partial charge is 0.408 e. The van der Waals surface area contributed by atoms with Crippen molar-refractivity contribution in [3.05, 3.63) is 29.8 Å². The number of hydrogen-bond donors (Lipinski definition) is 2. The van der Waals surface area contributed by atoms with Crippen molar-refractivity contribution < 1.29 is 37.0 Å². The van der Waals surface area contributed by atoms with Crippen LogP contribution in [0.2, 0.25) is 0 Å². The number of carbonyl (C=O) groups is 2. The molecule has 3 atom stereocenters. The highest BCUT2D eigenvalue weighted by atomic mass is 19.4. The van der Waals surface area contributed by atoms with Crippen LogP contribution in [0.25, 0.3) is 0 Å². The van der Waals surface area contributed by atoms with Crippen LogP contribution in [0.15, 0.2) is 18.3 Å². The Hall–Kier alpha value is -3.72. The average molecular weight is 566 g/mol. The summed E-state index contributed by atoms with van der Waals surface area (Å²) < 4.78 is 56.1. The van der Waals surface area contributed by atoms with Gasteiger partial charge in [-0.15, -0.1) is 0 Å². The molecule has 0 aliphatic carbocycles. The molecule has 5 heterocycles. The van der Waals surface area contributed by atoms with Crippen LogP contribution in [0.5, 0.6) is 5.75 Å². The van der Waals surface area contributed by atoms with Crippen LogP contribution in [0, 0.1) is 6.92 Å². The number of fused-ring (bicyclic) bond motifs is 4. The summed E-state index contributed by atoms with van der Waals surface area (Å²) in [6.07, 6.45) is -2.76. The van der Waals surface area contributed by atoms with Gasteiger partial charge in [0.25, 0.3) is 5.91 Å². The number of rotatable bonds is 6. The van der Waals surface area contributed by atoms with E-state index in [1.165, 1.54) is 11.1 Å². The molecule has 2 bridgehead atoms. The molecule has 3 aliphatic heterocycles.